The summed E-state index contributed by atoms with van der Waals surface area (Å²) in [4.78, 5) is 14.4. The number of carbonyl (C=O) groups is 1. The number of hydrogen-bond acceptors (Lipinski definition) is 3. The van der Waals surface area contributed by atoms with Crippen molar-refractivity contribution < 1.29 is 22.7 Å². The summed E-state index contributed by atoms with van der Waals surface area (Å²) in [6.45, 7) is 6.14. The number of benzene rings is 1. The monoisotopic (exact) mass is 400 g/mol. The molecule has 1 saturated heterocycles. The maximum Gasteiger partial charge on any atom is 0.224 e. The van der Waals surface area contributed by atoms with Crippen molar-refractivity contribution in [3.63, 3.8) is 0 Å². The van der Waals surface area contributed by atoms with Crippen molar-refractivity contribution in [2.75, 3.05) is 19.8 Å². The van der Waals surface area contributed by atoms with E-state index >= 15 is 0 Å². The summed E-state index contributed by atoms with van der Waals surface area (Å²) in [6, 6.07) is 0.680. The third-order valence-corrected chi connectivity index (χ3v) is 5.52. The van der Waals surface area contributed by atoms with Gasteiger partial charge in [-0.25, -0.2) is 13.2 Å². The molecule has 0 aliphatic carbocycles. The van der Waals surface area contributed by atoms with E-state index in [2.05, 4.69) is 13.8 Å². The Morgan fingerprint density at radius 1 is 1.21 bits per heavy atom. The predicted octanol–water partition coefficient (Wildman–Crippen LogP) is 3.81. The molecule has 0 bridgehead atoms. The molecule has 0 spiro atoms. The lowest BCUT2D eigenvalue weighted by molar-refractivity contribution is -0.133. The number of halogens is 3. The molecule has 7 heteroatoms. The average molecular weight is 400 g/mol. The first-order chi connectivity index (χ1) is 13.3. The fraction of sp³-hybridized carbons (Fsp3) is 0.667. The molecular formula is C21H31F3N2O2. The van der Waals surface area contributed by atoms with Gasteiger partial charge in [0.05, 0.1) is 12.6 Å². The van der Waals surface area contributed by atoms with Crippen molar-refractivity contribution in [2.45, 2.75) is 64.5 Å². The van der Waals surface area contributed by atoms with Crippen LogP contribution >= 0.6 is 0 Å². The lowest BCUT2D eigenvalue weighted by Crippen LogP contribution is -2.41. The Hall–Kier alpha value is -1.60. The van der Waals surface area contributed by atoms with Crippen LogP contribution in [-0.2, 0) is 16.0 Å². The lowest BCUT2D eigenvalue weighted by Gasteiger charge is -2.26. The zero-order chi connectivity index (χ0) is 20.7. The van der Waals surface area contributed by atoms with Gasteiger partial charge in [0.1, 0.15) is 5.82 Å². The topological polar surface area (TPSA) is 55.6 Å². The van der Waals surface area contributed by atoms with E-state index in [4.69, 9.17) is 10.5 Å². The summed E-state index contributed by atoms with van der Waals surface area (Å²) in [7, 11) is 0. The molecule has 1 unspecified atom stereocenters. The van der Waals surface area contributed by atoms with Crippen LogP contribution in [0.4, 0.5) is 13.2 Å². The molecule has 158 valence electrons. The first kappa shape index (κ1) is 22.7. The van der Waals surface area contributed by atoms with E-state index in [1.807, 2.05) is 0 Å². The number of amides is 1. The summed E-state index contributed by atoms with van der Waals surface area (Å²) < 4.78 is 46.0. The smallest absolute Gasteiger partial charge is 0.224 e. The quantitative estimate of drug-likeness (QED) is 0.608. The first-order valence-corrected chi connectivity index (χ1v) is 10.1. The fourth-order valence-corrected chi connectivity index (χ4v) is 3.65. The van der Waals surface area contributed by atoms with Gasteiger partial charge in [0.25, 0.3) is 0 Å². The molecule has 1 fully saturated rings. The van der Waals surface area contributed by atoms with Gasteiger partial charge in [0, 0.05) is 31.7 Å². The molecule has 2 N–H and O–H groups in total. The maximum absolute atomic E-state index is 13.8. The molecule has 1 aliphatic rings. The van der Waals surface area contributed by atoms with Crippen LogP contribution in [0.25, 0.3) is 0 Å². The Morgan fingerprint density at radius 2 is 1.89 bits per heavy atom. The third kappa shape index (κ3) is 6.21. The number of rotatable bonds is 10. The zero-order valence-corrected chi connectivity index (χ0v) is 16.7. The molecule has 1 amide bonds. The van der Waals surface area contributed by atoms with E-state index < -0.39 is 23.5 Å². The highest BCUT2D eigenvalue weighted by Gasteiger charge is 2.30. The lowest BCUT2D eigenvalue weighted by atomic mass is 10.0. The second-order valence-electron chi connectivity index (χ2n) is 7.63. The van der Waals surface area contributed by atoms with Crippen molar-refractivity contribution in [3.8, 4) is 0 Å². The van der Waals surface area contributed by atoms with E-state index in [1.54, 1.807) is 4.90 Å². The van der Waals surface area contributed by atoms with E-state index in [-0.39, 0.29) is 30.4 Å². The van der Waals surface area contributed by atoms with E-state index in [0.717, 1.165) is 31.7 Å². The summed E-state index contributed by atoms with van der Waals surface area (Å²) in [5, 5.41) is 0. The van der Waals surface area contributed by atoms with Gasteiger partial charge in [-0.3, -0.25) is 4.79 Å². The highest BCUT2D eigenvalue weighted by atomic mass is 19.2. The highest BCUT2D eigenvalue weighted by molar-refractivity contribution is 5.77. The van der Waals surface area contributed by atoms with Crippen LogP contribution in [0.2, 0.25) is 0 Å². The fourth-order valence-electron chi connectivity index (χ4n) is 3.65. The molecule has 1 aliphatic heterocycles. The maximum atomic E-state index is 13.8. The van der Waals surface area contributed by atoms with Gasteiger partial charge in [-0.1, -0.05) is 26.7 Å². The second-order valence-corrected chi connectivity index (χ2v) is 7.63. The Morgan fingerprint density at radius 3 is 2.57 bits per heavy atom. The number of ether oxygens (including phenoxy) is 1. The molecule has 0 radical (unpaired) electrons. The Balaban J connectivity index is 1.86. The molecule has 1 aromatic rings. The van der Waals surface area contributed by atoms with Crippen LogP contribution in [0.5, 0.6) is 0 Å². The van der Waals surface area contributed by atoms with E-state index in [9.17, 15) is 18.0 Å². The van der Waals surface area contributed by atoms with Crippen LogP contribution in [0, 0.1) is 23.4 Å². The van der Waals surface area contributed by atoms with Crippen molar-refractivity contribution in [3.05, 3.63) is 35.1 Å². The summed E-state index contributed by atoms with van der Waals surface area (Å²) in [5.74, 6) is -2.78. The summed E-state index contributed by atoms with van der Waals surface area (Å²) in [5.41, 5.74) is 5.97. The van der Waals surface area contributed by atoms with E-state index in [1.165, 1.54) is 0 Å². The third-order valence-electron chi connectivity index (χ3n) is 5.52. The summed E-state index contributed by atoms with van der Waals surface area (Å²) in [6.07, 6.45) is 3.94. The molecule has 2 atom stereocenters. The molecule has 2 rings (SSSR count). The molecular weight excluding hydrogens is 369 g/mol. The largest absolute Gasteiger partial charge is 0.379 e. The van der Waals surface area contributed by atoms with Crippen molar-refractivity contribution in [1.82, 2.24) is 4.90 Å². The number of nitrogens with two attached hydrogens (primary N) is 1. The van der Waals surface area contributed by atoms with Crippen LogP contribution in [0.15, 0.2) is 12.1 Å². The van der Waals surface area contributed by atoms with Crippen LogP contribution in [0.3, 0.4) is 0 Å². The molecule has 28 heavy (non-hydrogen) atoms. The predicted molar refractivity (Wildman–Crippen MR) is 102 cm³/mol. The zero-order valence-electron chi connectivity index (χ0n) is 16.7. The number of nitrogens with zero attached hydrogens (tertiary/aromatic N) is 1. The number of hydrogen-bond donors (Lipinski definition) is 1. The molecule has 4 nitrogen and oxygen atoms in total. The van der Waals surface area contributed by atoms with Gasteiger partial charge in [0.15, 0.2) is 11.6 Å². The van der Waals surface area contributed by atoms with Gasteiger partial charge in [-0.15, -0.1) is 0 Å². The molecule has 0 saturated carbocycles. The van der Waals surface area contributed by atoms with Crippen molar-refractivity contribution in [2.24, 2.45) is 11.7 Å². The molecule has 0 aromatic heterocycles. The minimum atomic E-state index is -1.24. The minimum absolute atomic E-state index is 0.0225. The van der Waals surface area contributed by atoms with Crippen LogP contribution in [-0.4, -0.2) is 42.6 Å². The Labute approximate surface area is 165 Å². The number of likely N-dealkylation sites (tertiary alicyclic amines) is 1. The molecule has 1 aromatic carbocycles. The first-order valence-electron chi connectivity index (χ1n) is 10.1. The van der Waals surface area contributed by atoms with Crippen LogP contribution < -0.4 is 5.73 Å². The SMILES string of the molecule is CCC(CC)COCC1CCCN1C(=O)C[C@H](N)Cc1cc(F)c(F)cc1F. The Kier molecular flexibility index (Phi) is 8.76. The van der Waals surface area contributed by atoms with Gasteiger partial charge in [-0.05, 0) is 36.8 Å². The minimum Gasteiger partial charge on any atom is -0.379 e. The normalized spacial score (nSPS) is 18.1. The highest BCUT2D eigenvalue weighted by Crippen LogP contribution is 2.21. The number of carbonyl (C=O) groups excluding carboxylic acids is 1. The molecule has 1 heterocycles. The van der Waals surface area contributed by atoms with Gasteiger partial charge >= 0.3 is 0 Å². The average Bonchev–Trinajstić information content (AvgIpc) is 3.12. The second kappa shape index (κ2) is 10.8. The van der Waals surface area contributed by atoms with Crippen molar-refractivity contribution in [1.29, 1.82) is 0 Å². The van der Waals surface area contributed by atoms with Gasteiger partial charge in [-0.2, -0.15) is 0 Å². The van der Waals surface area contributed by atoms with Crippen molar-refractivity contribution >= 4 is 5.91 Å². The van der Waals surface area contributed by atoms with Gasteiger partial charge in [0.2, 0.25) is 5.91 Å². The van der Waals surface area contributed by atoms with Crippen LogP contribution in [0.1, 0.15) is 51.5 Å². The van der Waals surface area contributed by atoms with E-state index in [0.29, 0.717) is 31.7 Å². The Bertz CT molecular complexity index is 653. The standard InChI is InChI=1S/C21H31F3N2O2/c1-3-14(4-2)12-28-13-17-6-5-7-26(17)21(27)10-16(25)8-15-9-19(23)20(24)11-18(15)22/h9,11,14,16-17H,3-8,10,12-13,25H2,1-2H3/t16-,17?/m1/s1. The summed E-state index contributed by atoms with van der Waals surface area (Å²) >= 11 is 0. The van der Waals surface area contributed by atoms with Gasteiger partial charge < -0.3 is 15.4 Å².